The van der Waals surface area contributed by atoms with Crippen molar-refractivity contribution < 1.29 is 28.6 Å². The number of ether oxygens (including phenoxy) is 3. The minimum absolute atomic E-state index is 0.00770. The van der Waals surface area contributed by atoms with Gasteiger partial charge in [-0.15, -0.1) is 0 Å². The van der Waals surface area contributed by atoms with E-state index in [1.165, 1.54) is 56.1 Å². The third kappa shape index (κ3) is 20.3. The number of nitrogens with zero attached hydrogens (tertiary/aromatic N) is 3. The Morgan fingerprint density at radius 1 is 0.636 bits per heavy atom. The molecule has 2 atom stereocenters. The number of unbranched alkanes of at least 4 members (excludes halogenated alkanes) is 8. The first-order valence-corrected chi connectivity index (χ1v) is 21.4. The molecule has 2 aliphatic heterocycles. The summed E-state index contributed by atoms with van der Waals surface area (Å²) in [5.41, 5.74) is 2.04. The Morgan fingerprint density at radius 2 is 1.15 bits per heavy atom. The van der Waals surface area contributed by atoms with Crippen LogP contribution >= 0.6 is 0 Å². The van der Waals surface area contributed by atoms with Crippen molar-refractivity contribution in [2.45, 2.75) is 149 Å². The van der Waals surface area contributed by atoms with Crippen LogP contribution in [0.5, 0.6) is 0 Å². The van der Waals surface area contributed by atoms with Gasteiger partial charge in [-0.05, 0) is 64.1 Å². The van der Waals surface area contributed by atoms with Crippen molar-refractivity contribution in [3.8, 4) is 0 Å². The number of piperidine rings is 1. The van der Waals surface area contributed by atoms with Gasteiger partial charge in [0, 0.05) is 58.0 Å². The number of benzene rings is 2. The van der Waals surface area contributed by atoms with Gasteiger partial charge >= 0.3 is 18.0 Å². The largest absolute Gasteiger partial charge is 0.465 e. The van der Waals surface area contributed by atoms with Gasteiger partial charge in [-0.25, -0.2) is 4.79 Å². The molecule has 0 aliphatic carbocycles. The summed E-state index contributed by atoms with van der Waals surface area (Å²) in [5.74, 6) is 0.305. The van der Waals surface area contributed by atoms with Crippen molar-refractivity contribution in [3.63, 3.8) is 0 Å². The van der Waals surface area contributed by atoms with Gasteiger partial charge in [0.1, 0.15) is 12.2 Å². The summed E-state index contributed by atoms with van der Waals surface area (Å²) in [6.07, 6.45) is 14.4. The lowest BCUT2D eigenvalue weighted by molar-refractivity contribution is -0.147. The van der Waals surface area contributed by atoms with Gasteiger partial charge in [0.15, 0.2) is 0 Å². The van der Waals surface area contributed by atoms with E-state index in [1.54, 1.807) is 4.90 Å². The number of carbonyl (C=O) groups is 3. The highest BCUT2D eigenvalue weighted by Gasteiger charge is 2.34. The van der Waals surface area contributed by atoms with E-state index < -0.39 is 5.60 Å². The summed E-state index contributed by atoms with van der Waals surface area (Å²) in [5, 5.41) is 0. The molecule has 0 bridgehead atoms. The number of hydrogen-bond donors (Lipinski definition) is 0. The zero-order chi connectivity index (χ0) is 39.7. The van der Waals surface area contributed by atoms with Crippen LogP contribution in [0.25, 0.3) is 0 Å². The molecule has 308 valence electrons. The number of piperazine rings is 1. The highest BCUT2D eigenvalue weighted by molar-refractivity contribution is 5.70. The lowest BCUT2D eigenvalue weighted by atomic mass is 9.98. The molecule has 2 fully saturated rings. The van der Waals surface area contributed by atoms with Gasteiger partial charge in [0.25, 0.3) is 0 Å². The van der Waals surface area contributed by atoms with E-state index >= 15 is 0 Å². The predicted octanol–water partition coefficient (Wildman–Crippen LogP) is 9.81. The third-order valence-corrected chi connectivity index (χ3v) is 10.2. The number of amides is 1. The maximum Gasteiger partial charge on any atom is 0.410 e. The number of carbonyl (C=O) groups excluding carboxylic acids is 3. The molecule has 2 unspecified atom stereocenters. The second-order valence-corrected chi connectivity index (χ2v) is 16.5. The fourth-order valence-electron chi connectivity index (χ4n) is 7.17. The summed E-state index contributed by atoms with van der Waals surface area (Å²) in [6, 6.07) is 20.7. The smallest absolute Gasteiger partial charge is 0.410 e. The Balaban J connectivity index is 0.000000305. The summed E-state index contributed by atoms with van der Waals surface area (Å²) in [7, 11) is 0. The maximum atomic E-state index is 12.8. The van der Waals surface area contributed by atoms with E-state index in [4.69, 9.17) is 14.2 Å². The molecule has 2 saturated heterocycles. The van der Waals surface area contributed by atoms with Gasteiger partial charge in [-0.1, -0.05) is 126 Å². The summed E-state index contributed by atoms with van der Waals surface area (Å²) in [6.45, 7) is 16.8. The highest BCUT2D eigenvalue weighted by Crippen LogP contribution is 2.21. The maximum absolute atomic E-state index is 12.8. The molecule has 9 nitrogen and oxygen atoms in total. The third-order valence-electron chi connectivity index (χ3n) is 10.2. The molecule has 0 spiro atoms. The topological polar surface area (TPSA) is 88.6 Å². The Labute approximate surface area is 333 Å². The van der Waals surface area contributed by atoms with Crippen molar-refractivity contribution >= 4 is 18.0 Å². The second kappa shape index (κ2) is 26.4. The molecule has 1 amide bonds. The summed E-state index contributed by atoms with van der Waals surface area (Å²) in [4.78, 5) is 43.3. The molecule has 2 aliphatic rings. The molecular formula is C46H73N3O6. The molecule has 2 aromatic rings. The van der Waals surface area contributed by atoms with E-state index in [1.807, 2.05) is 39.0 Å². The number of rotatable bonds is 20. The van der Waals surface area contributed by atoms with Crippen LogP contribution in [0.1, 0.15) is 136 Å². The first-order chi connectivity index (χ1) is 26.6. The molecule has 0 N–H and O–H groups in total. The summed E-state index contributed by atoms with van der Waals surface area (Å²) < 4.78 is 16.7. The Kier molecular flexibility index (Phi) is 22.1. The molecule has 0 aromatic heterocycles. The van der Waals surface area contributed by atoms with Gasteiger partial charge in [0.2, 0.25) is 0 Å². The standard InChI is InChI=1S/C25H40N2O4.C21H33NO2/c1-5-6-7-8-12-15-23(28)30-20-22-19-26(18-21-13-10-9-11-14-21)16-17-27(22)24(29)31-25(2,3)4;1-2-3-4-5-9-14-21(23)24-18-20-13-10-15-22(17-20)16-19-11-7-6-8-12-19/h9-11,13-14,22H,5-8,12,15-20H2,1-4H3;6-8,11-12,20H,2-5,9-10,13-18H2,1H3. The van der Waals surface area contributed by atoms with Crippen LogP contribution in [0.2, 0.25) is 0 Å². The molecular weight excluding hydrogens is 691 g/mol. The molecule has 2 heterocycles. The molecule has 2 aromatic carbocycles. The van der Waals surface area contributed by atoms with Crippen molar-refractivity contribution in [3.05, 3.63) is 71.8 Å². The van der Waals surface area contributed by atoms with Crippen LogP contribution in [0.15, 0.2) is 60.7 Å². The first-order valence-electron chi connectivity index (χ1n) is 21.4. The molecule has 9 heteroatoms. The highest BCUT2D eigenvalue weighted by atomic mass is 16.6. The van der Waals surface area contributed by atoms with Crippen molar-refractivity contribution in [2.24, 2.45) is 5.92 Å². The quantitative estimate of drug-likeness (QED) is 0.0749. The first kappa shape index (κ1) is 46.0. The minimum Gasteiger partial charge on any atom is -0.465 e. The molecule has 0 saturated carbocycles. The predicted molar refractivity (Wildman–Crippen MR) is 222 cm³/mol. The second-order valence-electron chi connectivity index (χ2n) is 16.5. The van der Waals surface area contributed by atoms with Gasteiger partial charge in [-0.2, -0.15) is 0 Å². The van der Waals surface area contributed by atoms with Gasteiger partial charge in [0.05, 0.1) is 12.6 Å². The van der Waals surface area contributed by atoms with E-state index in [0.717, 1.165) is 64.8 Å². The average Bonchev–Trinajstić information content (AvgIpc) is 3.17. The number of likely N-dealkylation sites (tertiary alicyclic amines) is 1. The van der Waals surface area contributed by atoms with Crippen LogP contribution in [0.3, 0.4) is 0 Å². The van der Waals surface area contributed by atoms with Crippen molar-refractivity contribution in [2.75, 3.05) is 45.9 Å². The normalized spacial score (nSPS) is 17.9. The van der Waals surface area contributed by atoms with Gasteiger partial charge < -0.3 is 14.2 Å². The molecule has 55 heavy (non-hydrogen) atoms. The van der Waals surface area contributed by atoms with Crippen LogP contribution in [0.4, 0.5) is 4.79 Å². The van der Waals surface area contributed by atoms with Crippen LogP contribution in [-0.2, 0) is 36.9 Å². The van der Waals surface area contributed by atoms with E-state index in [0.29, 0.717) is 38.5 Å². The number of esters is 2. The van der Waals surface area contributed by atoms with Crippen molar-refractivity contribution in [1.82, 2.24) is 14.7 Å². The zero-order valence-corrected chi connectivity index (χ0v) is 35.0. The monoisotopic (exact) mass is 764 g/mol. The van der Waals surface area contributed by atoms with Crippen molar-refractivity contribution in [1.29, 1.82) is 0 Å². The Hall–Kier alpha value is -3.43. The Morgan fingerprint density at radius 3 is 1.67 bits per heavy atom. The zero-order valence-electron chi connectivity index (χ0n) is 35.0. The van der Waals surface area contributed by atoms with Gasteiger partial charge in [-0.3, -0.25) is 24.3 Å². The fraction of sp³-hybridized carbons (Fsp3) is 0.674. The van der Waals surface area contributed by atoms with Crippen LogP contribution in [0, 0.1) is 5.92 Å². The van der Waals surface area contributed by atoms with E-state index in [2.05, 4.69) is 66.1 Å². The minimum atomic E-state index is -0.558. The average molecular weight is 764 g/mol. The van der Waals surface area contributed by atoms with Crippen LogP contribution < -0.4 is 0 Å². The summed E-state index contributed by atoms with van der Waals surface area (Å²) >= 11 is 0. The lowest BCUT2D eigenvalue weighted by Crippen LogP contribution is -2.57. The number of hydrogen-bond acceptors (Lipinski definition) is 8. The van der Waals surface area contributed by atoms with E-state index in [9.17, 15) is 14.4 Å². The Bertz CT molecular complexity index is 1330. The fourth-order valence-corrected chi connectivity index (χ4v) is 7.17. The lowest BCUT2D eigenvalue weighted by Gasteiger charge is -2.41. The van der Waals surface area contributed by atoms with Crippen LogP contribution in [-0.4, -0.2) is 90.3 Å². The molecule has 0 radical (unpaired) electrons. The van der Waals surface area contributed by atoms with E-state index in [-0.39, 0.29) is 30.7 Å². The molecule has 4 rings (SSSR count). The SMILES string of the molecule is CCCCCCCC(=O)OCC1CCCN(Cc2ccccc2)C1.CCCCCCCC(=O)OCC1CN(Cc2ccccc2)CCN1C(=O)OC(C)(C)C.